The van der Waals surface area contributed by atoms with E-state index in [2.05, 4.69) is 26.6 Å². The molecule has 3 aromatic rings. The van der Waals surface area contributed by atoms with Gasteiger partial charge in [-0.05, 0) is 64.3 Å². The molecule has 0 aliphatic rings. The van der Waals surface area contributed by atoms with E-state index in [1.807, 2.05) is 18.2 Å². The van der Waals surface area contributed by atoms with Crippen molar-refractivity contribution < 1.29 is 14.7 Å². The van der Waals surface area contributed by atoms with Gasteiger partial charge in [0.15, 0.2) is 0 Å². The van der Waals surface area contributed by atoms with Crippen molar-refractivity contribution in [1.82, 2.24) is 5.32 Å². The second-order valence-corrected chi connectivity index (χ2v) is 8.45. The Morgan fingerprint density at radius 1 is 0.903 bits per heavy atom. The Bertz CT molecular complexity index is 1070. The first kappa shape index (κ1) is 23.3. The van der Waals surface area contributed by atoms with Gasteiger partial charge in [-0.15, -0.1) is 0 Å². The van der Waals surface area contributed by atoms with E-state index in [1.54, 1.807) is 48.5 Å². The number of aliphatic hydroxyl groups is 1. The normalized spacial score (nSPS) is 11.6. The summed E-state index contributed by atoms with van der Waals surface area (Å²) in [6.07, 6.45) is 0.428. The van der Waals surface area contributed by atoms with Crippen molar-refractivity contribution >= 4 is 56.6 Å². The van der Waals surface area contributed by atoms with Crippen LogP contribution in [0.15, 0.2) is 71.2 Å². The van der Waals surface area contributed by atoms with Crippen LogP contribution in [0.3, 0.4) is 0 Å². The molecule has 160 valence electrons. The van der Waals surface area contributed by atoms with Crippen molar-refractivity contribution in [3.05, 3.63) is 97.9 Å². The molecule has 0 aromatic heterocycles. The third kappa shape index (κ3) is 6.08. The van der Waals surface area contributed by atoms with Crippen molar-refractivity contribution in [3.8, 4) is 0 Å². The highest BCUT2D eigenvalue weighted by molar-refractivity contribution is 9.10. The molecule has 1 atom stereocenters. The van der Waals surface area contributed by atoms with Crippen LogP contribution >= 0.6 is 39.1 Å². The molecular formula is C23H19BrCl2N2O3. The maximum atomic E-state index is 12.5. The average molecular weight is 522 g/mol. The lowest BCUT2D eigenvalue weighted by molar-refractivity contribution is 0.0915. The molecule has 0 aliphatic heterocycles. The molecule has 3 N–H and O–H groups in total. The molecule has 8 heteroatoms. The predicted molar refractivity (Wildman–Crippen MR) is 127 cm³/mol. The van der Waals surface area contributed by atoms with E-state index in [9.17, 15) is 14.7 Å². The summed E-state index contributed by atoms with van der Waals surface area (Å²) in [6, 6.07) is 18.6. The van der Waals surface area contributed by atoms with Crippen LogP contribution in [0.2, 0.25) is 10.0 Å². The van der Waals surface area contributed by atoms with E-state index in [0.717, 1.165) is 5.56 Å². The maximum Gasteiger partial charge on any atom is 0.258 e. The molecule has 2 amide bonds. The molecule has 3 aromatic carbocycles. The molecule has 0 heterocycles. The molecule has 0 saturated heterocycles. The number of benzene rings is 3. The molecule has 5 nitrogen and oxygen atoms in total. The Kier molecular flexibility index (Phi) is 8.09. The summed E-state index contributed by atoms with van der Waals surface area (Å²) in [6.45, 7) is -0.209. The van der Waals surface area contributed by atoms with Gasteiger partial charge in [0.25, 0.3) is 11.8 Å². The minimum atomic E-state index is -0.457. The molecule has 0 aliphatic carbocycles. The summed E-state index contributed by atoms with van der Waals surface area (Å²) in [7, 11) is 0. The van der Waals surface area contributed by atoms with E-state index < -0.39 is 11.9 Å². The fourth-order valence-corrected chi connectivity index (χ4v) is 4.02. The lowest BCUT2D eigenvalue weighted by Gasteiger charge is -2.17. The van der Waals surface area contributed by atoms with Crippen molar-refractivity contribution in [2.24, 2.45) is 0 Å². The van der Waals surface area contributed by atoms with Crippen LogP contribution in [0.25, 0.3) is 0 Å². The van der Waals surface area contributed by atoms with Crippen molar-refractivity contribution in [3.63, 3.8) is 0 Å². The fourth-order valence-electron chi connectivity index (χ4n) is 2.99. The Labute approximate surface area is 198 Å². The average Bonchev–Trinajstić information content (AvgIpc) is 2.74. The van der Waals surface area contributed by atoms with E-state index in [1.165, 1.54) is 0 Å². The quantitative estimate of drug-likeness (QED) is 0.392. The lowest BCUT2D eigenvalue weighted by atomic mass is 10.1. The Hall–Kier alpha value is -2.38. The predicted octanol–water partition coefficient (Wildman–Crippen LogP) is 5.34. The number of amides is 2. The monoisotopic (exact) mass is 520 g/mol. The SMILES string of the molecule is O=C(N[C@H](CO)Cc1ccc(NC(=O)c2c(Cl)cccc2Cl)cc1)c1ccccc1Br. The number of hydrogen-bond acceptors (Lipinski definition) is 3. The fraction of sp³-hybridized carbons (Fsp3) is 0.130. The summed E-state index contributed by atoms with van der Waals surface area (Å²) in [5.74, 6) is -0.677. The second kappa shape index (κ2) is 10.8. The molecule has 0 radical (unpaired) electrons. The van der Waals surface area contributed by atoms with Gasteiger partial charge in [-0.1, -0.05) is 53.5 Å². The highest BCUT2D eigenvalue weighted by atomic mass is 79.9. The summed E-state index contributed by atoms with van der Waals surface area (Å²) in [4.78, 5) is 25.0. The number of halogens is 3. The number of nitrogens with one attached hydrogen (secondary N) is 2. The molecule has 0 fully saturated rings. The smallest absolute Gasteiger partial charge is 0.258 e. The summed E-state index contributed by atoms with van der Waals surface area (Å²) in [5.41, 5.74) is 2.17. The minimum absolute atomic E-state index is 0.209. The number of hydrogen-bond donors (Lipinski definition) is 3. The van der Waals surface area contributed by atoms with E-state index >= 15 is 0 Å². The first-order valence-corrected chi connectivity index (χ1v) is 10.9. The second-order valence-electron chi connectivity index (χ2n) is 6.78. The van der Waals surface area contributed by atoms with Gasteiger partial charge in [0.1, 0.15) is 0 Å². The number of anilines is 1. The van der Waals surface area contributed by atoms with Crippen molar-refractivity contribution in [1.29, 1.82) is 0 Å². The molecule has 0 saturated carbocycles. The van der Waals surface area contributed by atoms with Crippen LogP contribution in [0.5, 0.6) is 0 Å². The highest BCUT2D eigenvalue weighted by Crippen LogP contribution is 2.25. The zero-order chi connectivity index (χ0) is 22.4. The standard InChI is InChI=1S/C23H19BrCl2N2O3/c24-18-5-2-1-4-17(18)22(30)28-16(13-29)12-14-8-10-15(11-9-14)27-23(31)21-19(25)6-3-7-20(21)26/h1-11,16,29H,12-13H2,(H,27,31)(H,28,30)/t16-/m0/s1. The topological polar surface area (TPSA) is 78.4 Å². The number of carbonyl (C=O) groups excluding carboxylic acids is 2. The van der Waals surface area contributed by atoms with Crippen LogP contribution in [-0.4, -0.2) is 29.6 Å². The van der Waals surface area contributed by atoms with Gasteiger partial charge in [-0.2, -0.15) is 0 Å². The van der Waals surface area contributed by atoms with Crippen LogP contribution in [-0.2, 0) is 6.42 Å². The van der Waals surface area contributed by atoms with Gasteiger partial charge in [-0.3, -0.25) is 9.59 Å². The third-order valence-electron chi connectivity index (χ3n) is 4.56. The molecular weight excluding hydrogens is 503 g/mol. The minimum Gasteiger partial charge on any atom is -0.394 e. The van der Waals surface area contributed by atoms with Crippen molar-refractivity contribution in [2.75, 3.05) is 11.9 Å². The number of carbonyl (C=O) groups is 2. The van der Waals surface area contributed by atoms with Crippen LogP contribution in [0.1, 0.15) is 26.3 Å². The van der Waals surface area contributed by atoms with Crippen LogP contribution < -0.4 is 10.6 Å². The van der Waals surface area contributed by atoms with Crippen LogP contribution in [0, 0.1) is 0 Å². The van der Waals surface area contributed by atoms with Crippen molar-refractivity contribution in [2.45, 2.75) is 12.5 Å². The summed E-state index contributed by atoms with van der Waals surface area (Å²) in [5, 5.41) is 15.8. The highest BCUT2D eigenvalue weighted by Gasteiger charge is 2.17. The lowest BCUT2D eigenvalue weighted by Crippen LogP contribution is -2.39. The van der Waals surface area contributed by atoms with E-state index in [0.29, 0.717) is 22.1 Å². The first-order valence-electron chi connectivity index (χ1n) is 9.39. The third-order valence-corrected chi connectivity index (χ3v) is 5.88. The molecule has 31 heavy (non-hydrogen) atoms. The maximum absolute atomic E-state index is 12.5. The largest absolute Gasteiger partial charge is 0.394 e. The van der Waals surface area contributed by atoms with Gasteiger partial charge in [-0.25, -0.2) is 0 Å². The van der Waals surface area contributed by atoms with Gasteiger partial charge in [0, 0.05) is 10.2 Å². The first-order chi connectivity index (χ1) is 14.9. The van der Waals surface area contributed by atoms with E-state index in [4.69, 9.17) is 23.2 Å². The molecule has 0 unspecified atom stereocenters. The molecule has 0 bridgehead atoms. The number of rotatable bonds is 7. The van der Waals surface area contributed by atoms with Crippen LogP contribution in [0.4, 0.5) is 5.69 Å². The van der Waals surface area contributed by atoms with E-state index in [-0.39, 0.29) is 28.1 Å². The Morgan fingerprint density at radius 3 is 2.16 bits per heavy atom. The summed E-state index contributed by atoms with van der Waals surface area (Å²) >= 11 is 15.5. The Balaban J connectivity index is 1.63. The zero-order valence-corrected chi connectivity index (χ0v) is 19.3. The molecule has 0 spiro atoms. The Morgan fingerprint density at radius 2 is 1.55 bits per heavy atom. The molecule has 3 rings (SSSR count). The van der Waals surface area contributed by atoms with Gasteiger partial charge in [0.05, 0.1) is 33.8 Å². The van der Waals surface area contributed by atoms with Gasteiger partial charge >= 0.3 is 0 Å². The summed E-state index contributed by atoms with van der Waals surface area (Å²) < 4.78 is 0.683. The zero-order valence-electron chi connectivity index (χ0n) is 16.2. The van der Waals surface area contributed by atoms with Gasteiger partial charge < -0.3 is 15.7 Å². The van der Waals surface area contributed by atoms with Gasteiger partial charge in [0.2, 0.25) is 0 Å². The number of aliphatic hydroxyl groups excluding tert-OH is 1.